The Balaban J connectivity index is 1.46. The van der Waals surface area contributed by atoms with E-state index in [1.54, 1.807) is 12.1 Å². The lowest BCUT2D eigenvalue weighted by Crippen LogP contribution is -2.35. The monoisotopic (exact) mass is 465 g/mol. The van der Waals surface area contributed by atoms with Crippen LogP contribution in [0.3, 0.4) is 0 Å². The Morgan fingerprint density at radius 1 is 1.34 bits per heavy atom. The minimum Gasteiger partial charge on any atom is -0.467 e. The van der Waals surface area contributed by atoms with E-state index < -0.39 is 30.1 Å². The predicted octanol–water partition coefficient (Wildman–Crippen LogP) is 4.04. The van der Waals surface area contributed by atoms with Crippen LogP contribution in [0, 0.1) is 0 Å². The Hall–Kier alpha value is -3.28. The molecule has 3 aromatic heterocycles. The van der Waals surface area contributed by atoms with Gasteiger partial charge in [0.1, 0.15) is 16.6 Å². The van der Waals surface area contributed by atoms with Crippen molar-refractivity contribution in [2.75, 3.05) is 10.6 Å². The van der Waals surface area contributed by atoms with Crippen LogP contribution in [0.15, 0.2) is 28.9 Å². The Bertz CT molecular complexity index is 1200. The van der Waals surface area contributed by atoms with Crippen LogP contribution in [0.2, 0.25) is 0 Å². The molecule has 12 heteroatoms. The molecule has 2 atom stereocenters. The number of furan rings is 1. The third kappa shape index (κ3) is 3.44. The molecule has 168 valence electrons. The molecule has 5 rings (SSSR count). The number of fused-ring (bicyclic) bond motifs is 2. The summed E-state index contributed by atoms with van der Waals surface area (Å²) in [6.07, 6.45) is -1.13. The van der Waals surface area contributed by atoms with E-state index in [0.29, 0.717) is 17.2 Å². The molecule has 2 amide bonds. The second kappa shape index (κ2) is 7.40. The second-order valence-corrected chi connectivity index (χ2v) is 8.85. The summed E-state index contributed by atoms with van der Waals surface area (Å²) in [6, 6.07) is 1.79. The number of thiophene rings is 1. The Labute approximate surface area is 183 Å². The largest absolute Gasteiger partial charge is 0.467 e. The maximum Gasteiger partial charge on any atom is 0.410 e. The number of rotatable bonds is 4. The summed E-state index contributed by atoms with van der Waals surface area (Å²) in [6.45, 7) is 0. The van der Waals surface area contributed by atoms with Crippen LogP contribution in [-0.2, 0) is 12.8 Å². The number of hydrogen-bond acceptors (Lipinski definition) is 6. The fourth-order valence-corrected chi connectivity index (χ4v) is 5.57. The van der Waals surface area contributed by atoms with E-state index >= 15 is 0 Å². The molecule has 0 fully saturated rings. The zero-order valence-corrected chi connectivity index (χ0v) is 17.3. The van der Waals surface area contributed by atoms with Crippen molar-refractivity contribution in [1.82, 2.24) is 9.78 Å². The van der Waals surface area contributed by atoms with Crippen molar-refractivity contribution in [3.8, 4) is 0 Å². The molecular formula is C20H18F3N5O3S. The third-order valence-electron chi connectivity index (χ3n) is 5.70. The summed E-state index contributed by atoms with van der Waals surface area (Å²) in [5.41, 5.74) is 6.41. The molecule has 2 unspecified atom stereocenters. The van der Waals surface area contributed by atoms with Crippen molar-refractivity contribution >= 4 is 34.0 Å². The van der Waals surface area contributed by atoms with Gasteiger partial charge < -0.3 is 20.8 Å². The lowest BCUT2D eigenvalue weighted by Gasteiger charge is -2.32. The maximum atomic E-state index is 13.8. The molecule has 4 N–H and O–H groups in total. The summed E-state index contributed by atoms with van der Waals surface area (Å²) >= 11 is 1.26. The number of carbonyl (C=O) groups excluding carboxylic acids is 2. The molecule has 32 heavy (non-hydrogen) atoms. The average Bonchev–Trinajstić information content (AvgIpc) is 3.48. The van der Waals surface area contributed by atoms with Crippen molar-refractivity contribution < 1.29 is 27.2 Å². The van der Waals surface area contributed by atoms with E-state index in [4.69, 9.17) is 10.2 Å². The molecule has 1 aliphatic carbocycles. The van der Waals surface area contributed by atoms with Gasteiger partial charge in [0.05, 0.1) is 17.9 Å². The van der Waals surface area contributed by atoms with Crippen molar-refractivity contribution in [1.29, 1.82) is 0 Å². The molecule has 0 radical (unpaired) electrons. The molecule has 0 spiro atoms. The summed E-state index contributed by atoms with van der Waals surface area (Å²) < 4.78 is 47.3. The molecule has 0 aromatic carbocycles. The van der Waals surface area contributed by atoms with Crippen molar-refractivity contribution in [2.45, 2.75) is 43.9 Å². The molecule has 0 saturated heterocycles. The average molecular weight is 465 g/mol. The number of halogens is 3. The molecule has 0 saturated carbocycles. The van der Waals surface area contributed by atoms with Gasteiger partial charge in [0.15, 0.2) is 11.7 Å². The lowest BCUT2D eigenvalue weighted by atomic mass is 10.0. The molecule has 2 aliphatic rings. The van der Waals surface area contributed by atoms with Gasteiger partial charge in [-0.3, -0.25) is 9.59 Å². The summed E-state index contributed by atoms with van der Waals surface area (Å²) in [5, 5.41) is 9.80. The number of carbonyl (C=O) groups is 2. The number of anilines is 2. The van der Waals surface area contributed by atoms with E-state index in [2.05, 4.69) is 15.7 Å². The first kappa shape index (κ1) is 20.6. The van der Waals surface area contributed by atoms with Gasteiger partial charge in [0, 0.05) is 17.4 Å². The highest BCUT2D eigenvalue weighted by Crippen LogP contribution is 2.44. The van der Waals surface area contributed by atoms with Crippen LogP contribution < -0.4 is 16.4 Å². The Kier molecular flexibility index (Phi) is 4.77. The number of nitrogens with one attached hydrogen (secondary N) is 2. The zero-order valence-electron chi connectivity index (χ0n) is 16.5. The van der Waals surface area contributed by atoms with Crippen molar-refractivity contribution in [2.24, 2.45) is 5.73 Å². The predicted molar refractivity (Wildman–Crippen MR) is 110 cm³/mol. The minimum absolute atomic E-state index is 0.0499. The lowest BCUT2D eigenvalue weighted by molar-refractivity contribution is -0.174. The highest BCUT2D eigenvalue weighted by atomic mass is 32.1. The third-order valence-corrected chi connectivity index (χ3v) is 6.91. The van der Waals surface area contributed by atoms with Crippen LogP contribution in [-0.4, -0.2) is 27.8 Å². The molecule has 3 aromatic rings. The number of nitrogens with zero attached hydrogens (tertiary/aromatic N) is 2. The summed E-state index contributed by atoms with van der Waals surface area (Å²) in [5.74, 6) is -0.957. The van der Waals surface area contributed by atoms with E-state index in [1.165, 1.54) is 23.7 Å². The SMILES string of the molecule is NC(=O)c1c(NC(=O)c2cc3n(n2)C(C(F)(F)F)CC(c2ccco2)N3)sc2c1CCC2. The van der Waals surface area contributed by atoms with Gasteiger partial charge in [-0.15, -0.1) is 11.3 Å². The van der Waals surface area contributed by atoms with Crippen molar-refractivity contribution in [3.05, 3.63) is 51.9 Å². The Morgan fingerprint density at radius 3 is 2.84 bits per heavy atom. The van der Waals surface area contributed by atoms with Crippen LogP contribution in [0.1, 0.15) is 62.0 Å². The molecular weight excluding hydrogens is 447 g/mol. The van der Waals surface area contributed by atoms with E-state index in [0.717, 1.165) is 28.0 Å². The number of amides is 2. The quantitative estimate of drug-likeness (QED) is 0.538. The highest BCUT2D eigenvalue weighted by molar-refractivity contribution is 7.17. The molecule has 8 nitrogen and oxygen atoms in total. The molecule has 0 bridgehead atoms. The number of nitrogens with two attached hydrogens (primary N) is 1. The summed E-state index contributed by atoms with van der Waals surface area (Å²) in [7, 11) is 0. The van der Waals surface area contributed by atoms with Crippen LogP contribution in [0.25, 0.3) is 0 Å². The standard InChI is InChI=1S/C20H18F3N5O3S/c21-20(22,23)14-7-10(12-4-2-6-31-12)25-15-8-11(27-28(14)15)18(30)26-19-16(17(24)29)9-3-1-5-13(9)32-19/h2,4,6,8,10,14,25H,1,3,5,7H2,(H2,24,29)(H,26,30). The Morgan fingerprint density at radius 2 is 2.16 bits per heavy atom. The first-order chi connectivity index (χ1) is 15.2. The van der Waals surface area contributed by atoms with Gasteiger partial charge in [-0.2, -0.15) is 18.3 Å². The maximum absolute atomic E-state index is 13.8. The van der Waals surface area contributed by atoms with Gasteiger partial charge in [-0.25, -0.2) is 4.68 Å². The number of aryl methyl sites for hydroxylation is 1. The smallest absolute Gasteiger partial charge is 0.410 e. The molecule has 1 aliphatic heterocycles. The van der Waals surface area contributed by atoms with Gasteiger partial charge >= 0.3 is 6.18 Å². The van der Waals surface area contributed by atoms with Gasteiger partial charge in [0.25, 0.3) is 11.8 Å². The first-order valence-electron chi connectivity index (χ1n) is 9.94. The van der Waals surface area contributed by atoms with E-state index in [9.17, 15) is 22.8 Å². The number of hydrogen-bond donors (Lipinski definition) is 3. The van der Waals surface area contributed by atoms with Crippen LogP contribution in [0.5, 0.6) is 0 Å². The summed E-state index contributed by atoms with van der Waals surface area (Å²) in [4.78, 5) is 25.8. The van der Waals surface area contributed by atoms with Crippen molar-refractivity contribution in [3.63, 3.8) is 0 Å². The van der Waals surface area contributed by atoms with E-state index in [-0.39, 0.29) is 23.5 Å². The van der Waals surface area contributed by atoms with Gasteiger partial charge in [0.2, 0.25) is 0 Å². The fourth-order valence-electron chi connectivity index (χ4n) is 4.28. The molecule has 4 heterocycles. The van der Waals surface area contributed by atoms with E-state index in [1.807, 2.05) is 0 Å². The fraction of sp³-hybridized carbons (Fsp3) is 0.350. The highest BCUT2D eigenvalue weighted by Gasteiger charge is 2.47. The minimum atomic E-state index is -4.57. The number of alkyl halides is 3. The zero-order chi connectivity index (χ0) is 22.6. The van der Waals surface area contributed by atoms with Gasteiger partial charge in [-0.05, 0) is 37.0 Å². The first-order valence-corrected chi connectivity index (χ1v) is 10.8. The van der Waals surface area contributed by atoms with Crippen LogP contribution >= 0.6 is 11.3 Å². The van der Waals surface area contributed by atoms with Crippen LogP contribution in [0.4, 0.5) is 24.0 Å². The topological polar surface area (TPSA) is 115 Å². The second-order valence-electron chi connectivity index (χ2n) is 7.74. The van der Waals surface area contributed by atoms with Gasteiger partial charge in [-0.1, -0.05) is 0 Å². The normalized spacial score (nSPS) is 19.8. The number of aromatic nitrogens is 2. The number of primary amides is 1.